The lowest BCUT2D eigenvalue weighted by Gasteiger charge is -2.53. The van der Waals surface area contributed by atoms with Gasteiger partial charge in [0.1, 0.15) is 0 Å². The zero-order valence-electron chi connectivity index (χ0n) is 38.0. The molecule has 1 aliphatic carbocycles. The van der Waals surface area contributed by atoms with Crippen molar-refractivity contribution in [3.63, 3.8) is 0 Å². The summed E-state index contributed by atoms with van der Waals surface area (Å²) in [6.45, 7) is 12.7. The predicted octanol–water partition coefficient (Wildman–Crippen LogP) is 9.38. The molecule has 0 aromatic heterocycles. The van der Waals surface area contributed by atoms with Crippen molar-refractivity contribution in [3.8, 4) is 0 Å². The number of amides is 4. The molecule has 3 aliphatic heterocycles. The van der Waals surface area contributed by atoms with E-state index >= 15 is 0 Å². The molecule has 0 radical (unpaired) electrons. The zero-order chi connectivity index (χ0) is 46.2. The summed E-state index contributed by atoms with van der Waals surface area (Å²) in [5.74, 6) is -1.40. The fraction of sp³-hybridized carbons (Fsp3) is 0.250. The van der Waals surface area contributed by atoms with Crippen molar-refractivity contribution in [2.45, 2.75) is 76.7 Å². The molecule has 10 nitrogen and oxygen atoms in total. The second-order valence-electron chi connectivity index (χ2n) is 19.8. The molecular formula is C56H52N4O6. The molecule has 0 saturated carbocycles. The first-order valence-corrected chi connectivity index (χ1v) is 22.5. The maximum atomic E-state index is 14.5. The van der Waals surface area contributed by atoms with Gasteiger partial charge in [-0.15, -0.1) is 0 Å². The molecule has 10 heteroatoms. The molecule has 66 heavy (non-hydrogen) atoms. The van der Waals surface area contributed by atoms with Crippen LogP contribution in [0.1, 0.15) is 127 Å². The van der Waals surface area contributed by atoms with Gasteiger partial charge in [0.25, 0.3) is 23.6 Å². The number of carbonyl (C=O) groups excluding carboxylic acids is 4. The molecular weight excluding hydrogens is 825 g/mol. The fourth-order valence-corrected chi connectivity index (χ4v) is 9.92. The molecule has 3 heterocycles. The van der Waals surface area contributed by atoms with Gasteiger partial charge in [-0.3, -0.25) is 19.2 Å². The van der Waals surface area contributed by atoms with E-state index in [1.807, 2.05) is 163 Å². The Hall–Kier alpha value is -7.14. The summed E-state index contributed by atoms with van der Waals surface area (Å²) in [7, 11) is 0. The Labute approximate surface area is 384 Å². The number of carbonyl (C=O) groups is 4. The topological polar surface area (TPSA) is 135 Å². The first kappa shape index (κ1) is 42.8. The average Bonchev–Trinajstić information content (AvgIpc) is 3.32. The minimum absolute atomic E-state index is 0.00412. The summed E-state index contributed by atoms with van der Waals surface area (Å²) in [4.78, 5) is 70.6. The van der Waals surface area contributed by atoms with Crippen molar-refractivity contribution in [2.75, 3.05) is 13.1 Å². The van der Waals surface area contributed by atoms with E-state index in [1.165, 1.54) is 0 Å². The van der Waals surface area contributed by atoms with E-state index in [0.717, 1.165) is 66.1 Å². The average molecular weight is 877 g/mol. The molecule has 8 bridgehead atoms. The maximum absolute atomic E-state index is 14.5. The van der Waals surface area contributed by atoms with Crippen LogP contribution >= 0.6 is 0 Å². The first-order valence-electron chi connectivity index (χ1n) is 22.5. The Kier molecular flexibility index (Phi) is 10.2. The van der Waals surface area contributed by atoms with Gasteiger partial charge >= 0.3 is 0 Å². The number of fused-ring (bicyclic) bond motifs is 7. The van der Waals surface area contributed by atoms with Gasteiger partial charge in [0.2, 0.25) is 0 Å². The summed E-state index contributed by atoms with van der Waals surface area (Å²) >= 11 is 0. The standard InChI is InChI=1S/C56H52N4O6/c1-53(2,3)37-25-33-23-35(27-37)51(63)59-31-55-45-19-11-13-21-47(45)56(66-65-55,48-22-14-12-20-46(48)55)32-60-52(64)36-24-34(26-38(28-36)54(4,5)6)50(62)58-30-44-41-17-9-7-15-39(41)43(29-57-49(33)61)40-16-8-10-18-42(40)44/h7-28H,29-32H2,1-6H3,(H,57,61)(H,58,62)(H,59,63)(H,60,64). The van der Waals surface area contributed by atoms with E-state index < -0.39 is 11.2 Å². The Morgan fingerprint density at radius 3 is 0.955 bits per heavy atom. The highest BCUT2D eigenvalue weighted by Crippen LogP contribution is 2.56. The number of hydrogen-bond donors (Lipinski definition) is 4. The highest BCUT2D eigenvalue weighted by Gasteiger charge is 2.59. The van der Waals surface area contributed by atoms with E-state index in [4.69, 9.17) is 9.78 Å². The van der Waals surface area contributed by atoms with E-state index in [1.54, 1.807) is 12.1 Å². The van der Waals surface area contributed by atoms with Gasteiger partial charge in [-0.1, -0.05) is 139 Å². The van der Waals surface area contributed by atoms with Gasteiger partial charge < -0.3 is 21.3 Å². The number of nitrogens with one attached hydrogen (secondary N) is 4. The molecule has 4 aliphatic rings. The van der Waals surface area contributed by atoms with Crippen LogP contribution in [-0.4, -0.2) is 36.7 Å². The molecule has 7 aromatic carbocycles. The Balaban J connectivity index is 1.12. The maximum Gasteiger partial charge on any atom is 0.251 e. The van der Waals surface area contributed by atoms with Crippen LogP contribution in [0.4, 0.5) is 0 Å². The minimum Gasteiger partial charge on any atom is -0.348 e. The molecule has 4 N–H and O–H groups in total. The highest BCUT2D eigenvalue weighted by atomic mass is 17.2. The third kappa shape index (κ3) is 7.12. The van der Waals surface area contributed by atoms with Gasteiger partial charge in [0, 0.05) is 35.3 Å². The van der Waals surface area contributed by atoms with Crippen molar-refractivity contribution in [1.29, 1.82) is 0 Å². The van der Waals surface area contributed by atoms with Crippen molar-refractivity contribution < 1.29 is 29.0 Å². The summed E-state index contributed by atoms with van der Waals surface area (Å²) in [6, 6.07) is 42.2. The SMILES string of the molecule is CC(C)(C)c1cc2cc(c1)C(=O)NCC13OOC(CNC(=O)c4cc(cc(C(C)(C)C)c4)C(=O)NCc4c5ccccc5c(c5ccccc45)CNC2=O)(c2ccccc21)c1ccccc13. The van der Waals surface area contributed by atoms with Crippen molar-refractivity contribution >= 4 is 45.2 Å². The lowest BCUT2D eigenvalue weighted by atomic mass is 9.66. The number of hydrogen-bond acceptors (Lipinski definition) is 6. The lowest BCUT2D eigenvalue weighted by molar-refractivity contribution is -0.425. The van der Waals surface area contributed by atoms with Crippen LogP contribution in [0, 0.1) is 0 Å². The van der Waals surface area contributed by atoms with Gasteiger partial charge in [0.15, 0.2) is 11.2 Å². The molecule has 0 unspecified atom stereocenters. The van der Waals surface area contributed by atoms with Crippen LogP contribution in [0.3, 0.4) is 0 Å². The van der Waals surface area contributed by atoms with Crippen LogP contribution in [0.15, 0.2) is 133 Å². The largest absolute Gasteiger partial charge is 0.348 e. The van der Waals surface area contributed by atoms with Crippen LogP contribution in [0.5, 0.6) is 0 Å². The van der Waals surface area contributed by atoms with Crippen molar-refractivity contribution in [1.82, 2.24) is 21.3 Å². The van der Waals surface area contributed by atoms with Crippen molar-refractivity contribution in [2.24, 2.45) is 0 Å². The molecule has 7 aromatic rings. The third-order valence-electron chi connectivity index (χ3n) is 13.6. The van der Waals surface area contributed by atoms with Gasteiger partial charge in [-0.05, 0) is 113 Å². The summed E-state index contributed by atoms with van der Waals surface area (Å²) < 4.78 is 0. The number of benzene rings is 7. The molecule has 332 valence electrons. The smallest absolute Gasteiger partial charge is 0.251 e. The normalized spacial score (nSPS) is 20.0. The fourth-order valence-electron chi connectivity index (χ4n) is 9.92. The second kappa shape index (κ2) is 15.8. The predicted molar refractivity (Wildman–Crippen MR) is 255 cm³/mol. The molecule has 11 rings (SSSR count). The highest BCUT2D eigenvalue weighted by molar-refractivity contribution is 6.07. The molecule has 0 atom stereocenters. The van der Waals surface area contributed by atoms with E-state index in [-0.39, 0.29) is 60.6 Å². The van der Waals surface area contributed by atoms with Crippen LogP contribution in [0.25, 0.3) is 21.5 Å². The molecule has 0 spiro atoms. The Morgan fingerprint density at radius 2 is 0.667 bits per heavy atom. The first-order chi connectivity index (χ1) is 31.6. The third-order valence-corrected chi connectivity index (χ3v) is 13.6. The zero-order valence-corrected chi connectivity index (χ0v) is 38.0. The molecule has 0 saturated heterocycles. The van der Waals surface area contributed by atoms with E-state index in [2.05, 4.69) is 21.3 Å². The van der Waals surface area contributed by atoms with Gasteiger partial charge in [0.05, 0.1) is 13.1 Å². The summed E-state index contributed by atoms with van der Waals surface area (Å²) in [6.07, 6.45) is 0. The second-order valence-corrected chi connectivity index (χ2v) is 19.8. The molecule has 0 fully saturated rings. The van der Waals surface area contributed by atoms with Crippen molar-refractivity contribution in [3.05, 3.63) is 200 Å². The quantitative estimate of drug-likeness (QED) is 0.0887. The minimum atomic E-state index is -1.24. The van der Waals surface area contributed by atoms with Crippen LogP contribution < -0.4 is 21.3 Å². The molecule has 4 amide bonds. The number of rotatable bonds is 0. The van der Waals surface area contributed by atoms with E-state index in [0.29, 0.717) is 22.3 Å². The summed E-state index contributed by atoms with van der Waals surface area (Å²) in [5, 5.41) is 16.5. The summed E-state index contributed by atoms with van der Waals surface area (Å²) in [5.41, 5.74) is 4.77. The Bertz CT molecular complexity index is 2860. The van der Waals surface area contributed by atoms with Crippen LogP contribution in [-0.2, 0) is 44.9 Å². The van der Waals surface area contributed by atoms with Crippen LogP contribution in [0.2, 0.25) is 0 Å². The van der Waals surface area contributed by atoms with Gasteiger partial charge in [-0.2, -0.15) is 0 Å². The Morgan fingerprint density at radius 1 is 0.394 bits per heavy atom. The van der Waals surface area contributed by atoms with E-state index in [9.17, 15) is 19.2 Å². The lowest BCUT2D eigenvalue weighted by Crippen LogP contribution is -2.59. The van der Waals surface area contributed by atoms with Gasteiger partial charge in [-0.25, -0.2) is 9.78 Å². The monoisotopic (exact) mass is 876 g/mol.